The monoisotopic (exact) mass is 418 g/mol. The molecule has 6 nitrogen and oxygen atoms in total. The number of hydrogen-bond donors (Lipinski definition) is 1. The second-order valence-electron chi connectivity index (χ2n) is 6.21. The molecule has 4 rings (SSSR count). The molecular formula is C19H13F3N4O2S. The van der Waals surface area contributed by atoms with Crippen LogP contribution in [0, 0.1) is 0 Å². The van der Waals surface area contributed by atoms with Crippen molar-refractivity contribution in [3.63, 3.8) is 0 Å². The molecule has 0 aliphatic carbocycles. The lowest BCUT2D eigenvalue weighted by Crippen LogP contribution is -2.45. The minimum atomic E-state index is -4.86. The van der Waals surface area contributed by atoms with E-state index < -0.39 is 34.6 Å². The Balaban J connectivity index is 1.70. The quantitative estimate of drug-likeness (QED) is 0.704. The van der Waals surface area contributed by atoms with Crippen LogP contribution in [0.5, 0.6) is 0 Å². The van der Waals surface area contributed by atoms with E-state index in [4.69, 9.17) is 0 Å². The van der Waals surface area contributed by atoms with E-state index in [0.717, 1.165) is 16.6 Å². The topological polar surface area (TPSA) is 75.2 Å². The highest BCUT2D eigenvalue weighted by atomic mass is 32.2. The summed E-state index contributed by atoms with van der Waals surface area (Å²) < 4.78 is 40.5. The zero-order chi connectivity index (χ0) is 20.6. The molecule has 1 aromatic carbocycles. The number of carbonyl (C=O) groups excluding carboxylic acids is 2. The maximum atomic E-state index is 13.5. The number of halogens is 3. The second kappa shape index (κ2) is 7.36. The zero-order valence-corrected chi connectivity index (χ0v) is 15.5. The number of amides is 2. The molecule has 0 radical (unpaired) electrons. The molecule has 1 fully saturated rings. The largest absolute Gasteiger partial charge is 0.434 e. The highest BCUT2D eigenvalue weighted by Gasteiger charge is 2.40. The first-order chi connectivity index (χ1) is 13.8. The molecule has 0 bridgehead atoms. The highest BCUT2D eigenvalue weighted by molar-refractivity contribution is 8.00. The van der Waals surface area contributed by atoms with Gasteiger partial charge in [-0.3, -0.25) is 15.0 Å². The van der Waals surface area contributed by atoms with Crippen LogP contribution in [0.15, 0.2) is 54.7 Å². The molecule has 10 heteroatoms. The third-order valence-corrected chi connectivity index (χ3v) is 5.49. The van der Waals surface area contributed by atoms with Crippen molar-refractivity contribution in [1.82, 2.24) is 20.4 Å². The Morgan fingerprint density at radius 1 is 1.17 bits per heavy atom. The summed E-state index contributed by atoms with van der Waals surface area (Å²) >= 11 is 1.27. The van der Waals surface area contributed by atoms with Crippen LogP contribution in [0.2, 0.25) is 0 Å². The van der Waals surface area contributed by atoms with Gasteiger partial charge in [-0.25, -0.2) is 15.0 Å². The van der Waals surface area contributed by atoms with E-state index in [-0.39, 0.29) is 16.8 Å². The van der Waals surface area contributed by atoms with E-state index in [9.17, 15) is 22.8 Å². The number of thioether (sulfide) groups is 1. The molecule has 1 atom stereocenters. The number of nitrogens with zero attached hydrogens (tertiary/aromatic N) is 3. The molecule has 1 unspecified atom stereocenters. The molecule has 3 aromatic rings. The standard InChI is InChI=1S/C19H13F3N4O2S/c20-19(21,22)15-13(9-12-7-4-8-23-16(12)24-15)17(28)25-26-14(27)10-29-18(26)11-5-2-1-3-6-11/h1-9,18H,10H2,(H,25,28). The van der Waals surface area contributed by atoms with E-state index in [1.165, 1.54) is 30.1 Å². The number of rotatable bonds is 3. The fourth-order valence-corrected chi connectivity index (χ4v) is 4.08. The van der Waals surface area contributed by atoms with E-state index in [1.807, 2.05) is 0 Å². The summed E-state index contributed by atoms with van der Waals surface area (Å²) in [5, 5.41) is 0.820. The summed E-state index contributed by atoms with van der Waals surface area (Å²) in [4.78, 5) is 32.4. The van der Waals surface area contributed by atoms with Gasteiger partial charge in [-0.15, -0.1) is 11.8 Å². The first-order valence-corrected chi connectivity index (χ1v) is 9.52. The Kier molecular flexibility index (Phi) is 4.87. The highest BCUT2D eigenvalue weighted by Crippen LogP contribution is 2.37. The number of aromatic nitrogens is 2. The fraction of sp³-hybridized carbons (Fsp3) is 0.158. The van der Waals surface area contributed by atoms with Crippen LogP contribution in [0.3, 0.4) is 0 Å². The lowest BCUT2D eigenvalue weighted by molar-refractivity contribution is -0.141. The predicted molar refractivity (Wildman–Crippen MR) is 100 cm³/mol. The number of pyridine rings is 2. The van der Waals surface area contributed by atoms with Gasteiger partial charge in [0.1, 0.15) is 5.37 Å². The predicted octanol–water partition coefficient (Wildman–Crippen LogP) is 3.57. The summed E-state index contributed by atoms with van der Waals surface area (Å²) in [6, 6.07) is 13.0. The number of hydrogen-bond acceptors (Lipinski definition) is 5. The van der Waals surface area contributed by atoms with Crippen molar-refractivity contribution in [1.29, 1.82) is 0 Å². The Bertz CT molecular complexity index is 1090. The van der Waals surface area contributed by atoms with E-state index in [1.54, 1.807) is 30.3 Å². The molecule has 2 aromatic heterocycles. The van der Waals surface area contributed by atoms with Gasteiger partial charge in [0.15, 0.2) is 11.3 Å². The number of fused-ring (bicyclic) bond motifs is 1. The maximum absolute atomic E-state index is 13.5. The molecule has 2 amide bonds. The van der Waals surface area contributed by atoms with Gasteiger partial charge in [-0.05, 0) is 23.8 Å². The SMILES string of the molecule is O=C(NN1C(=O)CSC1c1ccccc1)c1cc2cccnc2nc1C(F)(F)F. The Hall–Kier alpha value is -3.14. The third-order valence-electron chi connectivity index (χ3n) is 4.28. The number of benzene rings is 1. The summed E-state index contributed by atoms with van der Waals surface area (Å²) in [5.74, 6) is -1.36. The van der Waals surface area contributed by atoms with Crippen molar-refractivity contribution in [2.24, 2.45) is 0 Å². The Labute approximate surface area is 167 Å². The Morgan fingerprint density at radius 2 is 1.93 bits per heavy atom. The minimum Gasteiger partial charge on any atom is -0.272 e. The molecule has 29 heavy (non-hydrogen) atoms. The van der Waals surface area contributed by atoms with Gasteiger partial charge in [-0.2, -0.15) is 13.2 Å². The fourth-order valence-electron chi connectivity index (χ4n) is 2.97. The van der Waals surface area contributed by atoms with Crippen molar-refractivity contribution < 1.29 is 22.8 Å². The van der Waals surface area contributed by atoms with Crippen LogP contribution >= 0.6 is 11.8 Å². The van der Waals surface area contributed by atoms with Gasteiger partial charge >= 0.3 is 6.18 Å². The third kappa shape index (κ3) is 3.75. The van der Waals surface area contributed by atoms with Gasteiger partial charge in [0.05, 0.1) is 11.3 Å². The molecule has 3 heterocycles. The van der Waals surface area contributed by atoms with Crippen molar-refractivity contribution in [2.45, 2.75) is 11.6 Å². The molecule has 1 aliphatic heterocycles. The van der Waals surface area contributed by atoms with Crippen LogP contribution in [0.25, 0.3) is 11.0 Å². The molecule has 148 valence electrons. The van der Waals surface area contributed by atoms with Crippen molar-refractivity contribution >= 4 is 34.6 Å². The van der Waals surface area contributed by atoms with Gasteiger partial charge in [0.2, 0.25) is 0 Å². The average Bonchev–Trinajstić information content (AvgIpc) is 3.07. The van der Waals surface area contributed by atoms with Gasteiger partial charge in [0, 0.05) is 11.6 Å². The number of hydrazine groups is 1. The maximum Gasteiger partial charge on any atom is 0.434 e. The van der Waals surface area contributed by atoms with Crippen LogP contribution in [0.4, 0.5) is 13.2 Å². The molecule has 0 spiro atoms. The van der Waals surface area contributed by atoms with Crippen LogP contribution in [0.1, 0.15) is 27.0 Å². The van der Waals surface area contributed by atoms with E-state index >= 15 is 0 Å². The van der Waals surface area contributed by atoms with Crippen molar-refractivity contribution in [2.75, 3.05) is 5.75 Å². The molecule has 0 saturated carbocycles. The van der Waals surface area contributed by atoms with Crippen LogP contribution in [-0.2, 0) is 11.0 Å². The van der Waals surface area contributed by atoms with Gasteiger partial charge < -0.3 is 0 Å². The van der Waals surface area contributed by atoms with E-state index in [2.05, 4.69) is 15.4 Å². The first-order valence-electron chi connectivity index (χ1n) is 8.47. The van der Waals surface area contributed by atoms with Crippen LogP contribution in [-0.4, -0.2) is 32.5 Å². The average molecular weight is 418 g/mol. The molecule has 1 saturated heterocycles. The van der Waals surface area contributed by atoms with Gasteiger partial charge in [-0.1, -0.05) is 30.3 Å². The number of alkyl halides is 3. The summed E-state index contributed by atoms with van der Waals surface area (Å²) in [7, 11) is 0. The van der Waals surface area contributed by atoms with E-state index in [0.29, 0.717) is 0 Å². The lowest BCUT2D eigenvalue weighted by atomic mass is 10.1. The smallest absolute Gasteiger partial charge is 0.272 e. The second-order valence-corrected chi connectivity index (χ2v) is 7.28. The van der Waals surface area contributed by atoms with Crippen molar-refractivity contribution in [3.05, 3.63) is 71.5 Å². The minimum absolute atomic E-state index is 0.103. The number of carbonyl (C=O) groups is 2. The first kappa shape index (κ1) is 19.2. The molecular weight excluding hydrogens is 405 g/mol. The summed E-state index contributed by atoms with van der Waals surface area (Å²) in [6.07, 6.45) is -3.54. The lowest BCUT2D eigenvalue weighted by Gasteiger charge is -2.25. The van der Waals surface area contributed by atoms with Gasteiger partial charge in [0.25, 0.3) is 11.8 Å². The Morgan fingerprint density at radius 3 is 2.66 bits per heavy atom. The summed E-state index contributed by atoms with van der Waals surface area (Å²) in [5.41, 5.74) is 0.944. The van der Waals surface area contributed by atoms with Crippen LogP contribution < -0.4 is 5.43 Å². The van der Waals surface area contributed by atoms with Crippen molar-refractivity contribution in [3.8, 4) is 0 Å². The zero-order valence-electron chi connectivity index (χ0n) is 14.7. The molecule has 1 aliphatic rings. The normalized spacial score (nSPS) is 17.0. The molecule has 1 N–H and O–H groups in total. The summed E-state index contributed by atoms with van der Waals surface area (Å²) in [6.45, 7) is 0. The number of nitrogens with one attached hydrogen (secondary N) is 1.